The molecule has 1 saturated heterocycles. The Labute approximate surface area is 170 Å². The highest BCUT2D eigenvalue weighted by Crippen LogP contribution is 2.38. The Balaban J connectivity index is 1.56. The molecule has 2 heterocycles. The van der Waals surface area contributed by atoms with Crippen LogP contribution >= 0.6 is 11.3 Å². The van der Waals surface area contributed by atoms with Crippen LogP contribution in [-0.2, 0) is 9.31 Å². The van der Waals surface area contributed by atoms with Gasteiger partial charge in [0.1, 0.15) is 0 Å². The lowest BCUT2D eigenvalue weighted by Gasteiger charge is -2.32. The Bertz CT molecular complexity index is 1180. The zero-order valence-electron chi connectivity index (χ0n) is 16.7. The molecule has 0 N–H and O–H groups in total. The number of fused-ring (bicyclic) bond motifs is 3. The second kappa shape index (κ2) is 6.18. The summed E-state index contributed by atoms with van der Waals surface area (Å²) in [6, 6.07) is 23.9. The molecular weight excluding hydrogens is 363 g/mol. The van der Waals surface area contributed by atoms with Crippen LogP contribution in [0.25, 0.3) is 31.3 Å². The van der Waals surface area contributed by atoms with Crippen LogP contribution in [0.4, 0.5) is 0 Å². The largest absolute Gasteiger partial charge is 0.494 e. The van der Waals surface area contributed by atoms with Gasteiger partial charge in [0.15, 0.2) is 0 Å². The van der Waals surface area contributed by atoms with Gasteiger partial charge in [-0.15, -0.1) is 11.3 Å². The SMILES string of the molecule is CC1(C)OB(c2cccc(-c3ccc4sc5ccccc5c4c3)c2)OC1(C)C. The summed E-state index contributed by atoms with van der Waals surface area (Å²) in [6.45, 7) is 8.36. The van der Waals surface area contributed by atoms with Crippen molar-refractivity contribution in [1.29, 1.82) is 0 Å². The fraction of sp³-hybridized carbons (Fsp3) is 0.250. The van der Waals surface area contributed by atoms with Gasteiger partial charge in [0.05, 0.1) is 11.2 Å². The van der Waals surface area contributed by atoms with E-state index in [4.69, 9.17) is 9.31 Å². The second-order valence-electron chi connectivity index (χ2n) is 8.52. The minimum absolute atomic E-state index is 0.331. The standard InChI is InChI=1S/C24H23BO2S/c1-23(2)24(3,4)27-25(26-23)18-9-7-8-16(14-18)17-12-13-22-20(15-17)19-10-5-6-11-21(19)28-22/h5-15H,1-4H3. The van der Waals surface area contributed by atoms with Crippen LogP contribution in [0, 0.1) is 0 Å². The summed E-state index contributed by atoms with van der Waals surface area (Å²) in [6.07, 6.45) is 0. The van der Waals surface area contributed by atoms with Crippen molar-refractivity contribution in [2.75, 3.05) is 0 Å². The first-order chi connectivity index (χ1) is 13.3. The lowest BCUT2D eigenvalue weighted by atomic mass is 9.78. The van der Waals surface area contributed by atoms with Gasteiger partial charge < -0.3 is 9.31 Å². The first kappa shape index (κ1) is 17.9. The molecule has 0 atom stereocenters. The topological polar surface area (TPSA) is 18.5 Å². The minimum atomic E-state index is -0.337. The fourth-order valence-corrected chi connectivity index (χ4v) is 4.84. The summed E-state index contributed by atoms with van der Waals surface area (Å²) in [5.74, 6) is 0. The van der Waals surface area contributed by atoms with Gasteiger partial charge in [-0.05, 0) is 62.5 Å². The van der Waals surface area contributed by atoms with E-state index < -0.39 is 0 Å². The molecule has 1 aliphatic rings. The van der Waals surface area contributed by atoms with Gasteiger partial charge in [-0.2, -0.15) is 0 Å². The van der Waals surface area contributed by atoms with Crippen LogP contribution < -0.4 is 5.46 Å². The minimum Gasteiger partial charge on any atom is -0.399 e. The normalized spacial score (nSPS) is 18.2. The maximum atomic E-state index is 6.24. The van der Waals surface area contributed by atoms with Gasteiger partial charge in [-0.3, -0.25) is 0 Å². The van der Waals surface area contributed by atoms with Crippen molar-refractivity contribution in [2.24, 2.45) is 0 Å². The van der Waals surface area contributed by atoms with Gasteiger partial charge in [-0.1, -0.05) is 48.5 Å². The third-order valence-corrected chi connectivity index (χ3v) is 7.27. The van der Waals surface area contributed by atoms with E-state index >= 15 is 0 Å². The van der Waals surface area contributed by atoms with Crippen LogP contribution in [-0.4, -0.2) is 18.3 Å². The first-order valence-corrected chi connectivity index (χ1v) is 10.5. The van der Waals surface area contributed by atoms with E-state index in [0.29, 0.717) is 0 Å². The lowest BCUT2D eigenvalue weighted by Crippen LogP contribution is -2.41. The zero-order valence-corrected chi connectivity index (χ0v) is 17.5. The van der Waals surface area contributed by atoms with Crippen molar-refractivity contribution in [1.82, 2.24) is 0 Å². The molecule has 3 aromatic carbocycles. The smallest absolute Gasteiger partial charge is 0.399 e. The van der Waals surface area contributed by atoms with E-state index in [-0.39, 0.29) is 18.3 Å². The zero-order chi connectivity index (χ0) is 19.5. The molecule has 0 saturated carbocycles. The van der Waals surface area contributed by atoms with Crippen LogP contribution in [0.3, 0.4) is 0 Å². The highest BCUT2D eigenvalue weighted by molar-refractivity contribution is 7.25. The second-order valence-corrected chi connectivity index (χ2v) is 9.61. The molecule has 2 nitrogen and oxygen atoms in total. The van der Waals surface area contributed by atoms with Crippen molar-refractivity contribution in [3.63, 3.8) is 0 Å². The van der Waals surface area contributed by atoms with Crippen molar-refractivity contribution < 1.29 is 9.31 Å². The third-order valence-electron chi connectivity index (χ3n) is 6.12. The van der Waals surface area contributed by atoms with Crippen LogP contribution in [0.1, 0.15) is 27.7 Å². The molecule has 0 unspecified atom stereocenters. The molecule has 28 heavy (non-hydrogen) atoms. The van der Waals surface area contributed by atoms with E-state index in [1.54, 1.807) is 0 Å². The number of benzene rings is 3. The number of hydrogen-bond acceptors (Lipinski definition) is 3. The Hall–Kier alpha value is -2.14. The summed E-state index contributed by atoms with van der Waals surface area (Å²) in [5, 5.41) is 2.64. The van der Waals surface area contributed by atoms with E-state index in [9.17, 15) is 0 Å². The van der Waals surface area contributed by atoms with Crippen molar-refractivity contribution >= 4 is 44.1 Å². The van der Waals surface area contributed by atoms with Crippen molar-refractivity contribution in [3.05, 3.63) is 66.7 Å². The molecule has 140 valence electrons. The van der Waals surface area contributed by atoms with Crippen molar-refractivity contribution in [2.45, 2.75) is 38.9 Å². The molecule has 0 spiro atoms. The molecule has 0 radical (unpaired) electrons. The number of thiophene rings is 1. The van der Waals surface area contributed by atoms with Gasteiger partial charge >= 0.3 is 7.12 Å². The maximum Gasteiger partial charge on any atom is 0.494 e. The molecule has 1 fully saturated rings. The van der Waals surface area contributed by atoms with Crippen LogP contribution in [0.5, 0.6) is 0 Å². The summed E-state index contributed by atoms with van der Waals surface area (Å²) >= 11 is 1.85. The highest BCUT2D eigenvalue weighted by Gasteiger charge is 2.51. The molecule has 1 aromatic heterocycles. The average molecular weight is 386 g/mol. The summed E-state index contributed by atoms with van der Waals surface area (Å²) in [4.78, 5) is 0. The molecule has 5 rings (SSSR count). The quantitative estimate of drug-likeness (QED) is 0.392. The van der Waals surface area contributed by atoms with Gasteiger partial charge in [0.2, 0.25) is 0 Å². The van der Waals surface area contributed by atoms with E-state index in [2.05, 4.69) is 94.4 Å². The maximum absolute atomic E-state index is 6.24. The molecule has 1 aliphatic heterocycles. The molecule has 0 amide bonds. The molecular formula is C24H23BO2S. The first-order valence-electron chi connectivity index (χ1n) is 9.71. The van der Waals surface area contributed by atoms with Gasteiger partial charge in [0.25, 0.3) is 0 Å². The summed E-state index contributed by atoms with van der Waals surface area (Å²) in [7, 11) is -0.337. The number of rotatable bonds is 2. The van der Waals surface area contributed by atoms with Crippen LogP contribution in [0.2, 0.25) is 0 Å². The highest BCUT2D eigenvalue weighted by atomic mass is 32.1. The lowest BCUT2D eigenvalue weighted by molar-refractivity contribution is 0.00578. The fourth-order valence-electron chi connectivity index (χ4n) is 3.75. The predicted octanol–water partition coefficient (Wildman–Crippen LogP) is 6.02. The van der Waals surface area contributed by atoms with Crippen LogP contribution in [0.15, 0.2) is 66.7 Å². The molecule has 4 aromatic rings. The Morgan fingerprint density at radius 2 is 1.36 bits per heavy atom. The Morgan fingerprint density at radius 1 is 0.679 bits per heavy atom. The van der Waals surface area contributed by atoms with E-state index in [0.717, 1.165) is 5.46 Å². The Kier molecular flexibility index (Phi) is 3.96. The number of hydrogen-bond donors (Lipinski definition) is 0. The average Bonchev–Trinajstić information content (AvgIpc) is 3.15. The third kappa shape index (κ3) is 2.79. The molecule has 4 heteroatoms. The molecule has 0 bridgehead atoms. The Morgan fingerprint density at radius 3 is 2.14 bits per heavy atom. The summed E-state index contributed by atoms with van der Waals surface area (Å²) < 4.78 is 15.1. The van der Waals surface area contributed by atoms with Gasteiger partial charge in [-0.25, -0.2) is 0 Å². The monoisotopic (exact) mass is 386 g/mol. The van der Waals surface area contributed by atoms with Crippen molar-refractivity contribution in [3.8, 4) is 11.1 Å². The molecule has 0 aliphatic carbocycles. The summed E-state index contributed by atoms with van der Waals surface area (Å²) in [5.41, 5.74) is 2.80. The van der Waals surface area contributed by atoms with E-state index in [1.165, 1.54) is 31.3 Å². The predicted molar refractivity (Wildman–Crippen MR) is 120 cm³/mol. The van der Waals surface area contributed by atoms with E-state index in [1.807, 2.05) is 11.3 Å². The van der Waals surface area contributed by atoms with Gasteiger partial charge in [0, 0.05) is 20.2 Å².